The van der Waals surface area contributed by atoms with E-state index in [0.29, 0.717) is 17.1 Å². The van der Waals surface area contributed by atoms with Crippen molar-refractivity contribution >= 4 is 23.5 Å². The fourth-order valence-electron chi connectivity index (χ4n) is 1.83. The SMILES string of the molecule is O=C(COC(=O)Cc1ccc(O)cc1)NCc1ccc(Cl)cc1. The first-order valence-electron chi connectivity index (χ1n) is 6.97. The minimum absolute atomic E-state index is 0.0464. The number of carbonyl (C=O) groups excluding carboxylic acids is 2. The zero-order chi connectivity index (χ0) is 16.7. The maximum Gasteiger partial charge on any atom is 0.310 e. The fraction of sp³-hybridized carbons (Fsp3) is 0.176. The Morgan fingerprint density at radius 3 is 2.26 bits per heavy atom. The van der Waals surface area contributed by atoms with E-state index in [0.717, 1.165) is 5.56 Å². The molecule has 120 valence electrons. The molecule has 0 atom stereocenters. The Balaban J connectivity index is 1.70. The highest BCUT2D eigenvalue weighted by Crippen LogP contribution is 2.10. The number of halogens is 1. The summed E-state index contributed by atoms with van der Waals surface area (Å²) in [6.07, 6.45) is 0.0464. The van der Waals surface area contributed by atoms with Gasteiger partial charge in [-0.15, -0.1) is 0 Å². The third-order valence-electron chi connectivity index (χ3n) is 3.05. The lowest BCUT2D eigenvalue weighted by Crippen LogP contribution is -2.28. The second-order valence-electron chi connectivity index (χ2n) is 4.91. The summed E-state index contributed by atoms with van der Waals surface area (Å²) >= 11 is 5.78. The molecule has 0 bridgehead atoms. The van der Waals surface area contributed by atoms with Crippen molar-refractivity contribution < 1.29 is 19.4 Å². The summed E-state index contributed by atoms with van der Waals surface area (Å²) < 4.78 is 4.91. The number of phenolic OH excluding ortho intramolecular Hbond substituents is 1. The van der Waals surface area contributed by atoms with Crippen LogP contribution in [0, 0.1) is 0 Å². The van der Waals surface area contributed by atoms with Gasteiger partial charge in [0.2, 0.25) is 0 Å². The smallest absolute Gasteiger partial charge is 0.310 e. The summed E-state index contributed by atoms with van der Waals surface area (Å²) in [5, 5.41) is 12.4. The largest absolute Gasteiger partial charge is 0.508 e. The van der Waals surface area contributed by atoms with Crippen molar-refractivity contribution in [3.8, 4) is 5.75 Å². The number of carbonyl (C=O) groups is 2. The Hall–Kier alpha value is -2.53. The van der Waals surface area contributed by atoms with E-state index < -0.39 is 5.97 Å². The predicted octanol–water partition coefficient (Wildman–Crippen LogP) is 2.45. The molecule has 0 spiro atoms. The Morgan fingerprint density at radius 1 is 1.00 bits per heavy atom. The molecule has 2 aromatic rings. The number of hydrogen-bond donors (Lipinski definition) is 2. The van der Waals surface area contributed by atoms with Crippen LogP contribution in [0.1, 0.15) is 11.1 Å². The third kappa shape index (κ3) is 6.00. The van der Waals surface area contributed by atoms with Crippen molar-refractivity contribution in [3.05, 3.63) is 64.7 Å². The lowest BCUT2D eigenvalue weighted by atomic mass is 10.1. The van der Waals surface area contributed by atoms with Crippen molar-refractivity contribution in [2.75, 3.05) is 6.61 Å². The molecular weight excluding hydrogens is 318 g/mol. The Labute approximate surface area is 138 Å². The third-order valence-corrected chi connectivity index (χ3v) is 3.30. The van der Waals surface area contributed by atoms with Gasteiger partial charge in [0.15, 0.2) is 6.61 Å². The molecule has 0 heterocycles. The average Bonchev–Trinajstić information content (AvgIpc) is 2.54. The molecule has 0 fully saturated rings. The quantitative estimate of drug-likeness (QED) is 0.796. The molecule has 0 unspecified atom stereocenters. The second kappa shape index (κ2) is 8.19. The molecule has 0 aliphatic carbocycles. The summed E-state index contributed by atoms with van der Waals surface area (Å²) in [4.78, 5) is 23.3. The number of ether oxygens (including phenoxy) is 1. The molecule has 0 saturated heterocycles. The van der Waals surface area contributed by atoms with Crippen LogP contribution in [-0.4, -0.2) is 23.6 Å². The second-order valence-corrected chi connectivity index (χ2v) is 5.34. The number of benzene rings is 2. The van der Waals surface area contributed by atoms with E-state index in [-0.39, 0.29) is 24.7 Å². The van der Waals surface area contributed by atoms with Gasteiger partial charge in [-0.3, -0.25) is 9.59 Å². The molecule has 0 aliphatic rings. The van der Waals surface area contributed by atoms with E-state index in [9.17, 15) is 9.59 Å². The monoisotopic (exact) mass is 333 g/mol. The van der Waals surface area contributed by atoms with Crippen molar-refractivity contribution in [2.45, 2.75) is 13.0 Å². The highest BCUT2D eigenvalue weighted by molar-refractivity contribution is 6.30. The summed E-state index contributed by atoms with van der Waals surface area (Å²) in [6, 6.07) is 13.3. The van der Waals surface area contributed by atoms with Crippen LogP contribution >= 0.6 is 11.6 Å². The van der Waals surface area contributed by atoms with Gasteiger partial charge in [-0.2, -0.15) is 0 Å². The molecule has 1 amide bonds. The molecule has 5 nitrogen and oxygen atoms in total. The molecule has 0 aromatic heterocycles. The van der Waals surface area contributed by atoms with Gasteiger partial charge in [0.05, 0.1) is 6.42 Å². The van der Waals surface area contributed by atoms with Crippen LogP contribution in [0.3, 0.4) is 0 Å². The van der Waals surface area contributed by atoms with Crippen molar-refractivity contribution in [2.24, 2.45) is 0 Å². The lowest BCUT2D eigenvalue weighted by Gasteiger charge is -2.07. The predicted molar refractivity (Wildman–Crippen MR) is 86.1 cm³/mol. The Kier molecular flexibility index (Phi) is 6.00. The summed E-state index contributed by atoms with van der Waals surface area (Å²) in [6.45, 7) is 0.00994. The van der Waals surface area contributed by atoms with E-state index in [4.69, 9.17) is 21.4 Å². The van der Waals surface area contributed by atoms with Gasteiger partial charge >= 0.3 is 5.97 Å². The van der Waals surface area contributed by atoms with Crippen LogP contribution in [0.4, 0.5) is 0 Å². The zero-order valence-electron chi connectivity index (χ0n) is 12.3. The molecule has 2 rings (SSSR count). The van der Waals surface area contributed by atoms with Crippen LogP contribution in [0.15, 0.2) is 48.5 Å². The van der Waals surface area contributed by atoms with E-state index in [1.165, 1.54) is 12.1 Å². The van der Waals surface area contributed by atoms with Crippen LogP contribution < -0.4 is 5.32 Å². The number of nitrogens with one attached hydrogen (secondary N) is 1. The number of rotatable bonds is 6. The van der Waals surface area contributed by atoms with Gasteiger partial charge in [-0.25, -0.2) is 0 Å². The first kappa shape index (κ1) is 16.8. The van der Waals surface area contributed by atoms with E-state index >= 15 is 0 Å². The van der Waals surface area contributed by atoms with Crippen LogP contribution in [0.2, 0.25) is 5.02 Å². The minimum atomic E-state index is -0.502. The highest BCUT2D eigenvalue weighted by Gasteiger charge is 2.08. The normalized spacial score (nSPS) is 10.1. The molecule has 0 aliphatic heterocycles. The van der Waals surface area contributed by atoms with Gasteiger partial charge in [0, 0.05) is 11.6 Å². The van der Waals surface area contributed by atoms with Crippen molar-refractivity contribution in [3.63, 3.8) is 0 Å². The maximum absolute atomic E-state index is 11.6. The molecule has 0 radical (unpaired) electrons. The molecule has 0 saturated carbocycles. The minimum Gasteiger partial charge on any atom is -0.508 e. The standard InChI is InChI=1S/C17H16ClNO4/c18-14-5-1-13(2-6-14)10-19-16(21)11-23-17(22)9-12-3-7-15(20)8-4-12/h1-8,20H,9-11H2,(H,19,21). The van der Waals surface area contributed by atoms with Gasteiger partial charge in [-0.05, 0) is 35.4 Å². The van der Waals surface area contributed by atoms with Gasteiger partial charge in [-0.1, -0.05) is 35.9 Å². The molecule has 6 heteroatoms. The van der Waals surface area contributed by atoms with Crippen molar-refractivity contribution in [1.29, 1.82) is 0 Å². The van der Waals surface area contributed by atoms with Crippen molar-refractivity contribution in [1.82, 2.24) is 5.32 Å². The fourth-order valence-corrected chi connectivity index (χ4v) is 1.96. The number of aromatic hydroxyl groups is 1. The van der Waals surface area contributed by atoms with E-state index in [2.05, 4.69) is 5.32 Å². The Morgan fingerprint density at radius 2 is 1.61 bits per heavy atom. The van der Waals surface area contributed by atoms with Crippen LogP contribution in [0.5, 0.6) is 5.75 Å². The first-order valence-corrected chi connectivity index (χ1v) is 7.35. The zero-order valence-corrected chi connectivity index (χ0v) is 13.0. The first-order chi connectivity index (χ1) is 11.0. The number of esters is 1. The van der Waals surface area contributed by atoms with Gasteiger partial charge in [0.1, 0.15) is 5.75 Å². The molecule has 23 heavy (non-hydrogen) atoms. The van der Waals surface area contributed by atoms with Gasteiger partial charge in [0.25, 0.3) is 5.91 Å². The number of amides is 1. The van der Waals surface area contributed by atoms with E-state index in [1.54, 1.807) is 36.4 Å². The van der Waals surface area contributed by atoms with E-state index in [1.807, 2.05) is 0 Å². The summed E-state index contributed by atoms with van der Waals surface area (Å²) in [7, 11) is 0. The molecule has 2 aromatic carbocycles. The average molecular weight is 334 g/mol. The van der Waals surface area contributed by atoms with Crippen LogP contribution in [-0.2, 0) is 27.3 Å². The Bertz CT molecular complexity index is 668. The molecule has 2 N–H and O–H groups in total. The topological polar surface area (TPSA) is 75.6 Å². The summed E-state index contributed by atoms with van der Waals surface area (Å²) in [5.74, 6) is -0.750. The van der Waals surface area contributed by atoms with Crippen LogP contribution in [0.25, 0.3) is 0 Å². The number of hydrogen-bond acceptors (Lipinski definition) is 4. The highest BCUT2D eigenvalue weighted by atomic mass is 35.5. The van der Waals surface area contributed by atoms with Gasteiger partial charge < -0.3 is 15.2 Å². The maximum atomic E-state index is 11.6. The summed E-state index contributed by atoms with van der Waals surface area (Å²) in [5.41, 5.74) is 1.60. The number of phenols is 1. The molecular formula is C17H16ClNO4. The lowest BCUT2D eigenvalue weighted by molar-refractivity contribution is -0.147.